The molecule has 0 spiro atoms. The monoisotopic (exact) mass is 300 g/mol. The van der Waals surface area contributed by atoms with Gasteiger partial charge in [0.05, 0.1) is 25.2 Å². The number of likely N-dealkylation sites (tertiary alicyclic amines) is 1. The van der Waals surface area contributed by atoms with Gasteiger partial charge in [0.2, 0.25) is 5.91 Å². The smallest absolute Gasteiger partial charge is 0.410 e. The summed E-state index contributed by atoms with van der Waals surface area (Å²) in [6.45, 7) is 9.01. The Kier molecular flexibility index (Phi) is 5.61. The molecule has 0 bridgehead atoms. The highest BCUT2D eigenvalue weighted by molar-refractivity contribution is 5.75. The maximum absolute atomic E-state index is 12.0. The van der Waals surface area contributed by atoms with Crippen molar-refractivity contribution in [2.45, 2.75) is 51.7 Å². The van der Waals surface area contributed by atoms with Gasteiger partial charge in [-0.15, -0.1) is 0 Å². The van der Waals surface area contributed by atoms with Crippen LogP contribution in [0.5, 0.6) is 0 Å². The van der Waals surface area contributed by atoms with Crippen LogP contribution >= 0.6 is 0 Å². The van der Waals surface area contributed by atoms with E-state index in [0.29, 0.717) is 26.1 Å². The van der Waals surface area contributed by atoms with Crippen LogP contribution in [-0.2, 0) is 14.3 Å². The fourth-order valence-corrected chi connectivity index (χ4v) is 2.14. The van der Waals surface area contributed by atoms with E-state index >= 15 is 0 Å². The molecular formula is C15H28N2O4. The number of hydrogen-bond donors (Lipinski definition) is 0. The number of hydrogen-bond acceptors (Lipinski definition) is 4. The Hall–Kier alpha value is -1.30. The quantitative estimate of drug-likeness (QED) is 0.795. The Morgan fingerprint density at radius 3 is 2.43 bits per heavy atom. The van der Waals surface area contributed by atoms with E-state index in [1.165, 1.54) is 0 Å². The number of rotatable bonds is 4. The van der Waals surface area contributed by atoms with Crippen LogP contribution in [0, 0.1) is 0 Å². The van der Waals surface area contributed by atoms with Crippen LogP contribution in [0.25, 0.3) is 0 Å². The van der Waals surface area contributed by atoms with Crippen molar-refractivity contribution in [2.24, 2.45) is 0 Å². The minimum Gasteiger partial charge on any atom is -0.444 e. The average molecular weight is 300 g/mol. The molecule has 1 aliphatic rings. The Morgan fingerprint density at radius 1 is 1.29 bits per heavy atom. The minimum absolute atomic E-state index is 0.0422. The molecule has 1 unspecified atom stereocenters. The SMILES string of the molecule is CN(C)C(=O)CCOC1(C)CCN(C(=O)OC(C)(C)C)C1. The Balaban J connectivity index is 2.41. The first kappa shape index (κ1) is 17.8. The van der Waals surface area contributed by atoms with E-state index in [9.17, 15) is 9.59 Å². The third-order valence-electron chi connectivity index (χ3n) is 3.35. The first-order chi connectivity index (χ1) is 9.52. The molecule has 6 heteroatoms. The zero-order chi connectivity index (χ0) is 16.3. The van der Waals surface area contributed by atoms with Crippen molar-refractivity contribution in [2.75, 3.05) is 33.8 Å². The van der Waals surface area contributed by atoms with Crippen molar-refractivity contribution in [1.29, 1.82) is 0 Å². The van der Waals surface area contributed by atoms with E-state index in [1.807, 2.05) is 27.7 Å². The second-order valence-electron chi connectivity index (χ2n) is 6.99. The molecule has 0 saturated carbocycles. The van der Waals surface area contributed by atoms with E-state index < -0.39 is 11.2 Å². The topological polar surface area (TPSA) is 59.1 Å². The fourth-order valence-electron chi connectivity index (χ4n) is 2.14. The predicted octanol–water partition coefficient (Wildman–Crippen LogP) is 1.88. The number of ether oxygens (including phenoxy) is 2. The van der Waals surface area contributed by atoms with Gasteiger partial charge in [-0.3, -0.25) is 4.79 Å². The highest BCUT2D eigenvalue weighted by atomic mass is 16.6. The summed E-state index contributed by atoms with van der Waals surface area (Å²) in [7, 11) is 3.45. The van der Waals surface area contributed by atoms with Crippen LogP contribution in [0.3, 0.4) is 0 Å². The van der Waals surface area contributed by atoms with Gasteiger partial charge in [0, 0.05) is 20.6 Å². The van der Waals surface area contributed by atoms with Gasteiger partial charge in [0.1, 0.15) is 5.60 Å². The third kappa shape index (κ3) is 5.91. The summed E-state index contributed by atoms with van der Waals surface area (Å²) in [6, 6.07) is 0. The van der Waals surface area contributed by atoms with E-state index in [0.717, 1.165) is 6.42 Å². The molecule has 0 aromatic heterocycles. The predicted molar refractivity (Wildman–Crippen MR) is 80.1 cm³/mol. The van der Waals surface area contributed by atoms with Crippen LogP contribution in [-0.4, -0.2) is 66.8 Å². The van der Waals surface area contributed by atoms with Gasteiger partial charge in [-0.1, -0.05) is 0 Å². The molecule has 0 N–H and O–H groups in total. The summed E-state index contributed by atoms with van der Waals surface area (Å²) >= 11 is 0. The summed E-state index contributed by atoms with van der Waals surface area (Å²) in [4.78, 5) is 26.7. The lowest BCUT2D eigenvalue weighted by Crippen LogP contribution is -2.39. The maximum atomic E-state index is 12.0. The molecule has 1 rings (SSSR count). The maximum Gasteiger partial charge on any atom is 0.410 e. The lowest BCUT2D eigenvalue weighted by atomic mass is 10.1. The van der Waals surface area contributed by atoms with Crippen LogP contribution in [0.4, 0.5) is 4.79 Å². The number of amides is 2. The van der Waals surface area contributed by atoms with Crippen molar-refractivity contribution >= 4 is 12.0 Å². The Morgan fingerprint density at radius 2 is 1.90 bits per heavy atom. The Bertz CT molecular complexity index is 390. The average Bonchev–Trinajstić information content (AvgIpc) is 2.69. The summed E-state index contributed by atoms with van der Waals surface area (Å²) in [6.07, 6.45) is 0.802. The van der Waals surface area contributed by atoms with Crippen molar-refractivity contribution in [3.63, 3.8) is 0 Å². The first-order valence-electron chi connectivity index (χ1n) is 7.34. The van der Waals surface area contributed by atoms with Crippen LogP contribution < -0.4 is 0 Å². The highest BCUT2D eigenvalue weighted by Crippen LogP contribution is 2.26. The zero-order valence-corrected chi connectivity index (χ0v) is 14.1. The molecular weight excluding hydrogens is 272 g/mol. The molecule has 0 aliphatic carbocycles. The summed E-state index contributed by atoms with van der Waals surface area (Å²) in [5, 5.41) is 0. The minimum atomic E-state index is -0.491. The molecule has 1 aliphatic heterocycles. The van der Waals surface area contributed by atoms with E-state index in [1.54, 1.807) is 23.9 Å². The standard InChI is InChI=1S/C15H28N2O4/c1-14(2,3)21-13(19)17-9-8-15(4,11-17)20-10-7-12(18)16(5)6/h7-11H2,1-6H3. The fraction of sp³-hybridized carbons (Fsp3) is 0.867. The van der Waals surface area contributed by atoms with Gasteiger partial charge in [-0.05, 0) is 34.1 Å². The number of nitrogens with zero attached hydrogens (tertiary/aromatic N) is 2. The zero-order valence-electron chi connectivity index (χ0n) is 14.1. The highest BCUT2D eigenvalue weighted by Gasteiger charge is 2.38. The molecule has 122 valence electrons. The van der Waals surface area contributed by atoms with Crippen LogP contribution in [0.15, 0.2) is 0 Å². The summed E-state index contributed by atoms with van der Waals surface area (Å²) in [5.74, 6) is 0.0422. The van der Waals surface area contributed by atoms with Crippen molar-refractivity contribution in [1.82, 2.24) is 9.80 Å². The molecule has 21 heavy (non-hydrogen) atoms. The van der Waals surface area contributed by atoms with E-state index in [2.05, 4.69) is 0 Å². The summed E-state index contributed by atoms with van der Waals surface area (Å²) in [5.41, 5.74) is -0.890. The van der Waals surface area contributed by atoms with Gasteiger partial charge in [-0.25, -0.2) is 4.79 Å². The van der Waals surface area contributed by atoms with Gasteiger partial charge in [0.25, 0.3) is 0 Å². The van der Waals surface area contributed by atoms with E-state index in [4.69, 9.17) is 9.47 Å². The van der Waals surface area contributed by atoms with Crippen LogP contribution in [0.2, 0.25) is 0 Å². The molecule has 1 saturated heterocycles. The lowest BCUT2D eigenvalue weighted by Gasteiger charge is -2.27. The van der Waals surface area contributed by atoms with Crippen LogP contribution in [0.1, 0.15) is 40.5 Å². The molecule has 1 fully saturated rings. The molecule has 6 nitrogen and oxygen atoms in total. The summed E-state index contributed by atoms with van der Waals surface area (Å²) < 4.78 is 11.2. The second-order valence-corrected chi connectivity index (χ2v) is 6.99. The lowest BCUT2D eigenvalue weighted by molar-refractivity contribution is -0.131. The molecule has 0 radical (unpaired) electrons. The second kappa shape index (κ2) is 6.64. The Labute approximate surface area is 127 Å². The van der Waals surface area contributed by atoms with Gasteiger partial charge < -0.3 is 19.3 Å². The van der Waals surface area contributed by atoms with Gasteiger partial charge in [0.15, 0.2) is 0 Å². The molecule has 1 heterocycles. The van der Waals surface area contributed by atoms with Gasteiger partial charge in [-0.2, -0.15) is 0 Å². The van der Waals surface area contributed by atoms with Crippen molar-refractivity contribution in [3.8, 4) is 0 Å². The van der Waals surface area contributed by atoms with Crippen molar-refractivity contribution < 1.29 is 19.1 Å². The largest absolute Gasteiger partial charge is 0.444 e. The first-order valence-corrected chi connectivity index (χ1v) is 7.34. The third-order valence-corrected chi connectivity index (χ3v) is 3.35. The molecule has 1 atom stereocenters. The number of carbonyl (C=O) groups excluding carboxylic acids is 2. The molecule has 0 aromatic carbocycles. The van der Waals surface area contributed by atoms with Crippen molar-refractivity contribution in [3.05, 3.63) is 0 Å². The molecule has 2 amide bonds. The number of carbonyl (C=O) groups is 2. The van der Waals surface area contributed by atoms with E-state index in [-0.39, 0.29) is 12.0 Å². The molecule has 0 aromatic rings. The normalized spacial score (nSPS) is 22.3. The van der Waals surface area contributed by atoms with Gasteiger partial charge >= 0.3 is 6.09 Å².